The summed E-state index contributed by atoms with van der Waals surface area (Å²) >= 11 is 12.1. The predicted molar refractivity (Wildman–Crippen MR) is 90.5 cm³/mol. The third kappa shape index (κ3) is 4.91. The number of carboxylic acid groups (broad SMARTS) is 1. The second-order valence-corrected chi connectivity index (χ2v) is 5.47. The molecule has 0 aromatic heterocycles. The summed E-state index contributed by atoms with van der Waals surface area (Å²) in [7, 11) is 1.49. The standard InChI is InChI=1S/C17H14Cl2O4/c1-22-15-9-11(5-6-16(20)21)8-14(19)17(15)23-10-12-3-2-4-13(18)7-12/h2-9H,10H2,1H3,(H,20,21)/b6-5+. The topological polar surface area (TPSA) is 55.8 Å². The van der Waals surface area contributed by atoms with Crippen LogP contribution in [0, 0.1) is 0 Å². The lowest BCUT2D eigenvalue weighted by atomic mass is 10.2. The molecule has 4 nitrogen and oxygen atoms in total. The van der Waals surface area contributed by atoms with E-state index >= 15 is 0 Å². The highest BCUT2D eigenvalue weighted by atomic mass is 35.5. The summed E-state index contributed by atoms with van der Waals surface area (Å²) in [5.41, 5.74) is 1.50. The molecule has 0 aliphatic carbocycles. The molecule has 2 aromatic rings. The van der Waals surface area contributed by atoms with Gasteiger partial charge in [0.1, 0.15) is 6.61 Å². The highest BCUT2D eigenvalue weighted by Crippen LogP contribution is 2.37. The summed E-state index contributed by atoms with van der Waals surface area (Å²) in [5, 5.41) is 9.62. The predicted octanol–water partition coefficient (Wildman–Crippen LogP) is 4.68. The smallest absolute Gasteiger partial charge is 0.328 e. The molecule has 1 N–H and O–H groups in total. The Morgan fingerprint density at radius 2 is 2.04 bits per heavy atom. The summed E-state index contributed by atoms with van der Waals surface area (Å²) in [5.74, 6) is -0.229. The van der Waals surface area contributed by atoms with Crippen LogP contribution in [0.25, 0.3) is 6.08 Å². The van der Waals surface area contributed by atoms with Crippen molar-refractivity contribution < 1.29 is 19.4 Å². The second kappa shape index (κ2) is 7.90. The summed E-state index contributed by atoms with van der Waals surface area (Å²) < 4.78 is 11.0. The average Bonchev–Trinajstić information content (AvgIpc) is 2.51. The number of rotatable bonds is 6. The summed E-state index contributed by atoms with van der Waals surface area (Å²) in [6.07, 6.45) is 2.45. The minimum atomic E-state index is -1.04. The van der Waals surface area contributed by atoms with E-state index in [1.54, 1.807) is 24.3 Å². The molecule has 2 rings (SSSR count). The van der Waals surface area contributed by atoms with E-state index in [4.69, 9.17) is 37.8 Å². The molecule has 0 atom stereocenters. The van der Waals surface area contributed by atoms with Crippen molar-refractivity contribution in [3.63, 3.8) is 0 Å². The number of halogens is 2. The van der Waals surface area contributed by atoms with Gasteiger partial charge in [-0.05, 0) is 41.5 Å². The number of hydrogen-bond donors (Lipinski definition) is 1. The minimum Gasteiger partial charge on any atom is -0.493 e. The van der Waals surface area contributed by atoms with Gasteiger partial charge in [0.2, 0.25) is 0 Å². The molecule has 0 aliphatic heterocycles. The molecule has 0 saturated heterocycles. The van der Waals surface area contributed by atoms with E-state index in [0.717, 1.165) is 11.6 Å². The summed E-state index contributed by atoms with van der Waals surface area (Å²) in [6.45, 7) is 0.279. The molecule has 23 heavy (non-hydrogen) atoms. The van der Waals surface area contributed by atoms with Gasteiger partial charge in [0.25, 0.3) is 0 Å². The lowest BCUT2D eigenvalue weighted by Gasteiger charge is -2.13. The number of aliphatic carboxylic acids is 1. The molecule has 0 fully saturated rings. The van der Waals surface area contributed by atoms with Crippen LogP contribution in [0.5, 0.6) is 11.5 Å². The SMILES string of the molecule is COc1cc(/C=C/C(=O)O)cc(Cl)c1OCc1cccc(Cl)c1. The van der Waals surface area contributed by atoms with Gasteiger partial charge in [-0.2, -0.15) is 0 Å². The Kier molecular flexibility index (Phi) is 5.90. The number of hydrogen-bond acceptors (Lipinski definition) is 3. The van der Waals surface area contributed by atoms with E-state index in [2.05, 4.69) is 0 Å². The molecule has 0 aliphatic rings. The van der Waals surface area contributed by atoms with E-state index in [-0.39, 0.29) is 6.61 Å². The fourth-order valence-corrected chi connectivity index (χ4v) is 2.41. The average molecular weight is 353 g/mol. The van der Waals surface area contributed by atoms with Crippen LogP contribution in [0.15, 0.2) is 42.5 Å². The molecule has 0 unspecified atom stereocenters. The molecule has 2 aromatic carbocycles. The monoisotopic (exact) mass is 352 g/mol. The van der Waals surface area contributed by atoms with Crippen LogP contribution < -0.4 is 9.47 Å². The quantitative estimate of drug-likeness (QED) is 0.767. The summed E-state index contributed by atoms with van der Waals surface area (Å²) in [6, 6.07) is 10.6. The maximum Gasteiger partial charge on any atom is 0.328 e. The van der Waals surface area contributed by atoms with Gasteiger partial charge in [-0.1, -0.05) is 35.3 Å². The molecule has 6 heteroatoms. The van der Waals surface area contributed by atoms with Gasteiger partial charge in [-0.3, -0.25) is 0 Å². The Morgan fingerprint density at radius 3 is 2.70 bits per heavy atom. The second-order valence-electron chi connectivity index (χ2n) is 4.62. The van der Waals surface area contributed by atoms with Crippen LogP contribution in [-0.2, 0) is 11.4 Å². The van der Waals surface area contributed by atoms with Gasteiger partial charge in [0.05, 0.1) is 12.1 Å². The first-order chi connectivity index (χ1) is 11.0. The fraction of sp³-hybridized carbons (Fsp3) is 0.118. The van der Waals surface area contributed by atoms with Gasteiger partial charge in [-0.25, -0.2) is 4.79 Å². The lowest BCUT2D eigenvalue weighted by molar-refractivity contribution is -0.131. The van der Waals surface area contributed by atoms with E-state index in [1.165, 1.54) is 13.2 Å². The van der Waals surface area contributed by atoms with E-state index in [0.29, 0.717) is 27.1 Å². The number of carboxylic acids is 1. The Bertz CT molecular complexity index is 741. The number of carbonyl (C=O) groups is 1. The van der Waals surface area contributed by atoms with Crippen molar-refractivity contribution in [1.82, 2.24) is 0 Å². The van der Waals surface area contributed by atoms with Crippen molar-refractivity contribution in [2.45, 2.75) is 6.61 Å². The number of methoxy groups -OCH3 is 1. The molecule has 0 saturated carbocycles. The van der Waals surface area contributed by atoms with Crippen molar-refractivity contribution >= 4 is 35.2 Å². The Balaban J connectivity index is 2.22. The maximum atomic E-state index is 10.6. The third-order valence-corrected chi connectivity index (χ3v) is 3.46. The Hall–Kier alpha value is -2.17. The third-order valence-electron chi connectivity index (χ3n) is 2.94. The largest absolute Gasteiger partial charge is 0.493 e. The first-order valence-corrected chi connectivity index (χ1v) is 7.41. The number of benzene rings is 2. The maximum absolute atomic E-state index is 10.6. The van der Waals surface area contributed by atoms with Crippen molar-refractivity contribution in [3.8, 4) is 11.5 Å². The van der Waals surface area contributed by atoms with Crippen molar-refractivity contribution in [2.75, 3.05) is 7.11 Å². The van der Waals surface area contributed by atoms with Crippen molar-refractivity contribution in [1.29, 1.82) is 0 Å². The molecule has 0 bridgehead atoms. The first-order valence-electron chi connectivity index (χ1n) is 6.65. The van der Waals surface area contributed by atoms with Crippen LogP contribution in [0.3, 0.4) is 0 Å². The molecule has 0 heterocycles. The zero-order valence-electron chi connectivity index (χ0n) is 12.3. The molecule has 0 radical (unpaired) electrons. The zero-order valence-corrected chi connectivity index (χ0v) is 13.8. The zero-order chi connectivity index (χ0) is 16.8. The molecule has 120 valence electrons. The normalized spacial score (nSPS) is 10.7. The van der Waals surface area contributed by atoms with Gasteiger partial charge in [0, 0.05) is 11.1 Å². The first kappa shape index (κ1) is 17.2. The number of ether oxygens (including phenoxy) is 2. The van der Waals surface area contributed by atoms with Gasteiger partial charge >= 0.3 is 5.97 Å². The molecule has 0 amide bonds. The van der Waals surface area contributed by atoms with Crippen molar-refractivity contribution in [2.24, 2.45) is 0 Å². The van der Waals surface area contributed by atoms with Crippen LogP contribution in [0.2, 0.25) is 10.0 Å². The van der Waals surface area contributed by atoms with E-state index in [1.807, 2.05) is 12.1 Å². The van der Waals surface area contributed by atoms with Crippen LogP contribution in [0.4, 0.5) is 0 Å². The minimum absolute atomic E-state index is 0.279. The van der Waals surface area contributed by atoms with Crippen LogP contribution in [0.1, 0.15) is 11.1 Å². The van der Waals surface area contributed by atoms with Crippen LogP contribution in [-0.4, -0.2) is 18.2 Å². The highest BCUT2D eigenvalue weighted by Gasteiger charge is 2.12. The molecule has 0 spiro atoms. The van der Waals surface area contributed by atoms with E-state index < -0.39 is 5.97 Å². The van der Waals surface area contributed by atoms with Gasteiger partial charge in [0.15, 0.2) is 11.5 Å². The van der Waals surface area contributed by atoms with Gasteiger partial charge < -0.3 is 14.6 Å². The fourth-order valence-electron chi connectivity index (χ4n) is 1.93. The van der Waals surface area contributed by atoms with Gasteiger partial charge in [-0.15, -0.1) is 0 Å². The van der Waals surface area contributed by atoms with Crippen molar-refractivity contribution in [3.05, 3.63) is 63.6 Å². The van der Waals surface area contributed by atoms with Crippen LogP contribution >= 0.6 is 23.2 Å². The lowest BCUT2D eigenvalue weighted by Crippen LogP contribution is -1.99. The molecular weight excluding hydrogens is 339 g/mol. The Morgan fingerprint density at radius 1 is 1.26 bits per heavy atom. The van der Waals surface area contributed by atoms with E-state index in [9.17, 15) is 4.79 Å². The Labute approximate surface area is 143 Å². The molecular formula is C17H14Cl2O4. The summed E-state index contributed by atoms with van der Waals surface area (Å²) in [4.78, 5) is 10.6. The highest BCUT2D eigenvalue weighted by molar-refractivity contribution is 6.32.